The molecule has 1 atom stereocenters. The van der Waals surface area contributed by atoms with E-state index in [0.29, 0.717) is 24.4 Å². The number of alkyl halides is 3. The van der Waals surface area contributed by atoms with Gasteiger partial charge in [-0.2, -0.15) is 10.1 Å². The Hall–Kier alpha value is -3.86. The van der Waals surface area contributed by atoms with Crippen molar-refractivity contribution >= 4 is 0 Å². The summed E-state index contributed by atoms with van der Waals surface area (Å²) in [5, 5.41) is 8.47. The molecule has 170 valence electrons. The summed E-state index contributed by atoms with van der Waals surface area (Å²) in [6.07, 6.45) is -4.91. The summed E-state index contributed by atoms with van der Waals surface area (Å²) in [5.41, 5.74) is 2.84. The number of rotatable bonds is 5. The van der Waals surface area contributed by atoms with Crippen LogP contribution in [0, 0.1) is 0 Å². The number of hydrogen-bond acceptors (Lipinski definition) is 7. The average Bonchev–Trinajstić information content (AvgIpc) is 3.45. The zero-order chi connectivity index (χ0) is 23.0. The van der Waals surface area contributed by atoms with Gasteiger partial charge in [0.15, 0.2) is 5.69 Å². The van der Waals surface area contributed by atoms with Crippen molar-refractivity contribution in [1.29, 1.82) is 0 Å². The predicted molar refractivity (Wildman–Crippen MR) is 108 cm³/mol. The number of benzene rings is 2. The van der Waals surface area contributed by atoms with Crippen LogP contribution >= 0.6 is 0 Å². The summed E-state index contributed by atoms with van der Waals surface area (Å²) < 4.78 is 59.2. The molecule has 4 aromatic rings. The molecule has 0 fully saturated rings. The second-order valence-corrected chi connectivity index (χ2v) is 7.27. The molecule has 0 aliphatic carbocycles. The molecule has 2 aromatic carbocycles. The zero-order valence-electron chi connectivity index (χ0n) is 17.2. The Kier molecular flexibility index (Phi) is 5.25. The normalized spacial score (nSPS) is 15.8. The van der Waals surface area contributed by atoms with E-state index in [2.05, 4.69) is 20.0 Å². The fourth-order valence-corrected chi connectivity index (χ4v) is 3.50. The molecule has 0 saturated heterocycles. The van der Waals surface area contributed by atoms with Gasteiger partial charge in [0.25, 0.3) is 5.89 Å². The molecule has 33 heavy (non-hydrogen) atoms. The standard InChI is InChI=1S/C22H17F3N4O4/c1-30-16-6-2-13(3-7-16)19-11-29-15(12-31-19)10-18(27-29)21-26-20(28-33-21)14-4-8-17(9-5-14)32-22(23,24)25/h2-10,19H,11-12H2,1H3. The van der Waals surface area contributed by atoms with Crippen LogP contribution < -0.4 is 9.47 Å². The molecule has 0 bridgehead atoms. The van der Waals surface area contributed by atoms with Crippen molar-refractivity contribution in [3.8, 4) is 34.5 Å². The number of ether oxygens (including phenoxy) is 3. The topological polar surface area (TPSA) is 84.4 Å². The van der Waals surface area contributed by atoms with Crippen molar-refractivity contribution in [3.05, 3.63) is 65.9 Å². The van der Waals surface area contributed by atoms with Gasteiger partial charge in [-0.1, -0.05) is 17.3 Å². The van der Waals surface area contributed by atoms with Gasteiger partial charge in [0.1, 0.15) is 17.6 Å². The minimum absolute atomic E-state index is 0.160. The fraction of sp³-hybridized carbons (Fsp3) is 0.227. The Bertz CT molecular complexity index is 1250. The van der Waals surface area contributed by atoms with Gasteiger partial charge < -0.3 is 18.7 Å². The van der Waals surface area contributed by atoms with Crippen molar-refractivity contribution in [2.75, 3.05) is 7.11 Å². The molecule has 1 aliphatic rings. The summed E-state index contributed by atoms with van der Waals surface area (Å²) in [7, 11) is 1.62. The number of fused-ring (bicyclic) bond motifs is 1. The lowest BCUT2D eigenvalue weighted by Gasteiger charge is -2.24. The Morgan fingerprint density at radius 1 is 1.03 bits per heavy atom. The van der Waals surface area contributed by atoms with Gasteiger partial charge in [-0.3, -0.25) is 4.68 Å². The van der Waals surface area contributed by atoms with Crippen LogP contribution in [0.2, 0.25) is 0 Å². The van der Waals surface area contributed by atoms with Crippen LogP contribution in [0.25, 0.3) is 23.0 Å². The van der Waals surface area contributed by atoms with Crippen LogP contribution in [0.3, 0.4) is 0 Å². The van der Waals surface area contributed by atoms with Gasteiger partial charge in [-0.15, -0.1) is 13.2 Å². The Morgan fingerprint density at radius 2 is 1.76 bits per heavy atom. The van der Waals surface area contributed by atoms with Crippen molar-refractivity contribution in [3.63, 3.8) is 0 Å². The highest BCUT2D eigenvalue weighted by Crippen LogP contribution is 2.31. The monoisotopic (exact) mass is 458 g/mol. The highest BCUT2D eigenvalue weighted by Gasteiger charge is 2.31. The number of hydrogen-bond donors (Lipinski definition) is 0. The quantitative estimate of drug-likeness (QED) is 0.426. The fourth-order valence-electron chi connectivity index (χ4n) is 3.50. The van der Waals surface area contributed by atoms with Crippen molar-refractivity contribution in [2.45, 2.75) is 25.6 Å². The SMILES string of the molecule is COc1ccc(C2Cn3nc(-c4nc(-c5ccc(OC(F)(F)F)cc5)no4)cc3CO2)cc1. The second kappa shape index (κ2) is 8.24. The van der Waals surface area contributed by atoms with Gasteiger partial charge in [-0.25, -0.2) is 0 Å². The minimum Gasteiger partial charge on any atom is -0.497 e. The first-order chi connectivity index (χ1) is 15.9. The van der Waals surface area contributed by atoms with E-state index in [1.165, 1.54) is 24.3 Å². The van der Waals surface area contributed by atoms with E-state index in [1.54, 1.807) is 7.11 Å². The Morgan fingerprint density at radius 3 is 2.45 bits per heavy atom. The summed E-state index contributed by atoms with van der Waals surface area (Å²) in [5.74, 6) is 0.861. The summed E-state index contributed by atoms with van der Waals surface area (Å²) in [6.45, 7) is 0.884. The Labute approximate surface area is 185 Å². The molecule has 0 saturated carbocycles. The predicted octanol–water partition coefficient (Wildman–Crippen LogP) is 4.78. The molecule has 0 N–H and O–H groups in total. The molecule has 1 aliphatic heterocycles. The first-order valence-electron chi connectivity index (χ1n) is 9.90. The van der Waals surface area contributed by atoms with Gasteiger partial charge in [-0.05, 0) is 48.0 Å². The Balaban J connectivity index is 1.31. The summed E-state index contributed by atoms with van der Waals surface area (Å²) >= 11 is 0. The lowest BCUT2D eigenvalue weighted by atomic mass is 10.1. The number of halogens is 3. The van der Waals surface area contributed by atoms with Gasteiger partial charge in [0.05, 0.1) is 26.0 Å². The molecule has 5 rings (SSSR count). The molecule has 0 spiro atoms. The number of nitrogens with zero attached hydrogens (tertiary/aromatic N) is 4. The molecule has 1 unspecified atom stereocenters. The smallest absolute Gasteiger partial charge is 0.497 e. The molecule has 0 amide bonds. The first-order valence-corrected chi connectivity index (χ1v) is 9.90. The van der Waals surface area contributed by atoms with Crippen LogP contribution in [-0.4, -0.2) is 33.4 Å². The second-order valence-electron chi connectivity index (χ2n) is 7.27. The largest absolute Gasteiger partial charge is 0.573 e. The van der Waals surface area contributed by atoms with Crippen molar-refractivity contribution in [1.82, 2.24) is 19.9 Å². The van der Waals surface area contributed by atoms with Crippen LogP contribution in [0.15, 0.2) is 59.1 Å². The van der Waals surface area contributed by atoms with Gasteiger partial charge >= 0.3 is 6.36 Å². The van der Waals surface area contributed by atoms with E-state index in [1.807, 2.05) is 35.0 Å². The number of methoxy groups -OCH3 is 1. The average molecular weight is 458 g/mol. The van der Waals surface area contributed by atoms with E-state index in [9.17, 15) is 13.2 Å². The van der Waals surface area contributed by atoms with E-state index in [-0.39, 0.29) is 23.6 Å². The number of aromatic nitrogens is 4. The van der Waals surface area contributed by atoms with E-state index in [0.717, 1.165) is 17.0 Å². The molecule has 8 nitrogen and oxygen atoms in total. The lowest BCUT2D eigenvalue weighted by Crippen LogP contribution is -2.21. The van der Waals surface area contributed by atoms with Gasteiger partial charge in [0.2, 0.25) is 5.82 Å². The van der Waals surface area contributed by atoms with Crippen LogP contribution in [0.4, 0.5) is 13.2 Å². The van der Waals surface area contributed by atoms with Crippen molar-refractivity contribution in [2.24, 2.45) is 0 Å². The van der Waals surface area contributed by atoms with E-state index < -0.39 is 6.36 Å². The van der Waals surface area contributed by atoms with E-state index >= 15 is 0 Å². The summed E-state index contributed by atoms with van der Waals surface area (Å²) in [6, 6.07) is 14.7. The molecular weight excluding hydrogens is 441 g/mol. The zero-order valence-corrected chi connectivity index (χ0v) is 17.2. The molecule has 2 aromatic heterocycles. The third-order valence-corrected chi connectivity index (χ3v) is 5.11. The van der Waals surface area contributed by atoms with Crippen LogP contribution in [0.1, 0.15) is 17.4 Å². The molecular formula is C22H17F3N4O4. The van der Waals surface area contributed by atoms with Crippen LogP contribution in [-0.2, 0) is 17.9 Å². The maximum Gasteiger partial charge on any atom is 0.573 e. The van der Waals surface area contributed by atoms with E-state index in [4.69, 9.17) is 14.0 Å². The maximum absolute atomic E-state index is 12.3. The highest BCUT2D eigenvalue weighted by atomic mass is 19.4. The highest BCUT2D eigenvalue weighted by molar-refractivity contribution is 5.59. The first kappa shape index (κ1) is 21.0. The maximum atomic E-state index is 12.3. The van der Waals surface area contributed by atoms with Crippen LogP contribution in [0.5, 0.6) is 11.5 Å². The minimum atomic E-state index is -4.75. The van der Waals surface area contributed by atoms with Gasteiger partial charge in [0, 0.05) is 5.56 Å². The third-order valence-electron chi connectivity index (χ3n) is 5.11. The third kappa shape index (κ3) is 4.53. The molecule has 11 heteroatoms. The molecule has 3 heterocycles. The summed E-state index contributed by atoms with van der Waals surface area (Å²) in [4.78, 5) is 4.32. The van der Waals surface area contributed by atoms with Crippen molar-refractivity contribution < 1.29 is 31.9 Å². The molecule has 0 radical (unpaired) electrons. The lowest BCUT2D eigenvalue weighted by molar-refractivity contribution is -0.274.